The fourth-order valence-corrected chi connectivity index (χ4v) is 2.58. The number of para-hydroxylation sites is 1. The molecule has 0 radical (unpaired) electrons. The Balaban J connectivity index is 1.79. The third-order valence-corrected chi connectivity index (χ3v) is 3.55. The second-order valence-electron chi connectivity index (χ2n) is 4.52. The number of alkyl halides is 1. The van der Waals surface area contributed by atoms with Gasteiger partial charge in [-0.1, -0.05) is 31.5 Å². The molecule has 0 amide bonds. The summed E-state index contributed by atoms with van der Waals surface area (Å²) in [6.45, 7) is 2.18. The van der Waals surface area contributed by atoms with Crippen LogP contribution in [0.15, 0.2) is 24.3 Å². The van der Waals surface area contributed by atoms with E-state index in [0.29, 0.717) is 11.5 Å². The van der Waals surface area contributed by atoms with Gasteiger partial charge >= 0.3 is 0 Å². The van der Waals surface area contributed by atoms with E-state index in [2.05, 4.69) is 25.1 Å². The lowest BCUT2D eigenvalue weighted by Gasteiger charge is -2.13. The van der Waals surface area contributed by atoms with E-state index in [-0.39, 0.29) is 0 Å². The normalized spacial score (nSPS) is 20.2. The zero-order chi connectivity index (χ0) is 11.4. The Hall–Kier alpha value is -0.690. The molecule has 2 unspecified atom stereocenters. The van der Waals surface area contributed by atoms with Crippen molar-refractivity contribution in [3.8, 4) is 5.75 Å². The molecular weight excluding hydrogens is 220 g/mol. The maximum atomic E-state index is 6.22. The highest BCUT2D eigenvalue weighted by atomic mass is 35.5. The van der Waals surface area contributed by atoms with Crippen LogP contribution < -0.4 is 4.74 Å². The molecule has 1 aliphatic rings. The Labute approximate surface area is 103 Å². The predicted octanol–water partition coefficient (Wildman–Crippen LogP) is 4.18. The van der Waals surface area contributed by atoms with Gasteiger partial charge in [0.15, 0.2) is 0 Å². The minimum Gasteiger partial charge on any atom is -0.490 e. The van der Waals surface area contributed by atoms with Gasteiger partial charge in [0.05, 0.1) is 0 Å². The molecule has 0 aliphatic carbocycles. The summed E-state index contributed by atoms with van der Waals surface area (Å²) in [7, 11) is 0. The Morgan fingerprint density at radius 2 is 2.19 bits per heavy atom. The third kappa shape index (κ3) is 2.91. The number of halogens is 1. The fourth-order valence-electron chi connectivity index (χ4n) is 2.24. The van der Waals surface area contributed by atoms with E-state index in [4.69, 9.17) is 16.3 Å². The smallest absolute Gasteiger partial charge is 0.123 e. The van der Waals surface area contributed by atoms with Gasteiger partial charge < -0.3 is 4.74 Å². The number of fused-ring (bicyclic) bond motifs is 1. The molecule has 1 nitrogen and oxygen atoms in total. The monoisotopic (exact) mass is 238 g/mol. The topological polar surface area (TPSA) is 9.23 Å². The average molecular weight is 239 g/mol. The molecule has 2 atom stereocenters. The molecule has 1 heterocycles. The Morgan fingerprint density at radius 1 is 1.38 bits per heavy atom. The van der Waals surface area contributed by atoms with Crippen molar-refractivity contribution in [1.29, 1.82) is 0 Å². The third-order valence-electron chi connectivity index (χ3n) is 3.12. The van der Waals surface area contributed by atoms with Crippen molar-refractivity contribution in [1.82, 2.24) is 0 Å². The van der Waals surface area contributed by atoms with Crippen LogP contribution >= 0.6 is 11.6 Å². The SMILES string of the molecule is CCCC(Cl)CCC1Cc2ccccc2O1. The summed E-state index contributed by atoms with van der Waals surface area (Å²) in [5.41, 5.74) is 1.34. The lowest BCUT2D eigenvalue weighted by atomic mass is 10.0. The van der Waals surface area contributed by atoms with E-state index in [1.165, 1.54) is 12.0 Å². The summed E-state index contributed by atoms with van der Waals surface area (Å²) in [6, 6.07) is 8.31. The number of rotatable bonds is 5. The standard InChI is InChI=1S/C14H19ClO/c1-2-5-12(15)8-9-13-10-11-6-3-4-7-14(11)16-13/h3-4,6-7,12-13H,2,5,8-10H2,1H3. The Bertz CT molecular complexity index is 312. The molecular formula is C14H19ClO. The Kier molecular flexibility index (Phi) is 4.11. The summed E-state index contributed by atoms with van der Waals surface area (Å²) in [5, 5.41) is 0.317. The Morgan fingerprint density at radius 3 is 2.94 bits per heavy atom. The number of hydrogen-bond donors (Lipinski definition) is 0. The second kappa shape index (κ2) is 5.58. The van der Waals surface area contributed by atoms with Gasteiger partial charge in [0.25, 0.3) is 0 Å². The number of benzene rings is 1. The molecule has 0 spiro atoms. The van der Waals surface area contributed by atoms with Gasteiger partial charge in [-0.25, -0.2) is 0 Å². The molecule has 1 aromatic carbocycles. The molecule has 2 rings (SSSR count). The van der Waals surface area contributed by atoms with Gasteiger partial charge in [0.1, 0.15) is 11.9 Å². The molecule has 1 aromatic rings. The molecule has 16 heavy (non-hydrogen) atoms. The van der Waals surface area contributed by atoms with Crippen molar-refractivity contribution in [3.05, 3.63) is 29.8 Å². The van der Waals surface area contributed by atoms with Crippen LogP contribution in [0.3, 0.4) is 0 Å². The van der Waals surface area contributed by atoms with E-state index < -0.39 is 0 Å². The molecule has 0 N–H and O–H groups in total. The highest BCUT2D eigenvalue weighted by molar-refractivity contribution is 6.20. The molecule has 0 aromatic heterocycles. The van der Waals surface area contributed by atoms with Crippen LogP contribution in [0.1, 0.15) is 38.2 Å². The van der Waals surface area contributed by atoms with Crippen LogP contribution in [0.2, 0.25) is 0 Å². The zero-order valence-electron chi connectivity index (χ0n) is 9.79. The van der Waals surface area contributed by atoms with Crippen molar-refractivity contribution in [2.24, 2.45) is 0 Å². The number of hydrogen-bond acceptors (Lipinski definition) is 1. The minimum absolute atomic E-state index is 0.317. The van der Waals surface area contributed by atoms with E-state index in [1.54, 1.807) is 0 Å². The van der Waals surface area contributed by atoms with Crippen molar-refractivity contribution < 1.29 is 4.74 Å². The lowest BCUT2D eigenvalue weighted by molar-refractivity contribution is 0.217. The van der Waals surface area contributed by atoms with Crippen LogP contribution in [0, 0.1) is 0 Å². The first kappa shape index (κ1) is 11.8. The van der Waals surface area contributed by atoms with Crippen molar-refractivity contribution in [3.63, 3.8) is 0 Å². The zero-order valence-corrected chi connectivity index (χ0v) is 10.5. The largest absolute Gasteiger partial charge is 0.490 e. The van der Waals surface area contributed by atoms with Crippen LogP contribution in [-0.4, -0.2) is 11.5 Å². The van der Waals surface area contributed by atoms with Gasteiger partial charge in [-0.2, -0.15) is 0 Å². The van der Waals surface area contributed by atoms with Crippen molar-refractivity contribution in [2.45, 2.75) is 50.5 Å². The van der Waals surface area contributed by atoms with Crippen LogP contribution in [0.5, 0.6) is 5.75 Å². The molecule has 2 heteroatoms. The van der Waals surface area contributed by atoms with Crippen LogP contribution in [-0.2, 0) is 6.42 Å². The van der Waals surface area contributed by atoms with Crippen LogP contribution in [0.25, 0.3) is 0 Å². The second-order valence-corrected chi connectivity index (χ2v) is 5.13. The molecule has 0 saturated carbocycles. The van der Waals surface area contributed by atoms with E-state index >= 15 is 0 Å². The first-order chi connectivity index (χ1) is 7.79. The quantitative estimate of drug-likeness (QED) is 0.700. The summed E-state index contributed by atoms with van der Waals surface area (Å²) >= 11 is 6.22. The first-order valence-electron chi connectivity index (χ1n) is 6.18. The fraction of sp³-hybridized carbons (Fsp3) is 0.571. The maximum absolute atomic E-state index is 6.22. The lowest BCUT2D eigenvalue weighted by Crippen LogP contribution is -2.14. The highest BCUT2D eigenvalue weighted by Crippen LogP contribution is 2.30. The van der Waals surface area contributed by atoms with Gasteiger partial charge in [0.2, 0.25) is 0 Å². The molecule has 0 fully saturated rings. The maximum Gasteiger partial charge on any atom is 0.123 e. The highest BCUT2D eigenvalue weighted by Gasteiger charge is 2.22. The molecule has 1 aliphatic heterocycles. The first-order valence-corrected chi connectivity index (χ1v) is 6.62. The van der Waals surface area contributed by atoms with Gasteiger partial charge in [-0.15, -0.1) is 11.6 Å². The molecule has 0 saturated heterocycles. The van der Waals surface area contributed by atoms with Gasteiger partial charge in [-0.3, -0.25) is 0 Å². The van der Waals surface area contributed by atoms with E-state index in [1.807, 2.05) is 6.07 Å². The van der Waals surface area contributed by atoms with Crippen LogP contribution in [0.4, 0.5) is 0 Å². The van der Waals surface area contributed by atoms with Gasteiger partial charge in [0, 0.05) is 11.8 Å². The molecule has 0 bridgehead atoms. The minimum atomic E-state index is 0.317. The van der Waals surface area contributed by atoms with E-state index in [9.17, 15) is 0 Å². The average Bonchev–Trinajstić information content (AvgIpc) is 2.69. The molecule has 88 valence electrons. The number of ether oxygens (including phenoxy) is 1. The van der Waals surface area contributed by atoms with E-state index in [0.717, 1.165) is 31.4 Å². The summed E-state index contributed by atoms with van der Waals surface area (Å²) in [4.78, 5) is 0. The predicted molar refractivity (Wildman–Crippen MR) is 68.3 cm³/mol. The summed E-state index contributed by atoms with van der Waals surface area (Å²) in [5.74, 6) is 1.06. The van der Waals surface area contributed by atoms with Gasteiger partial charge in [-0.05, 0) is 30.9 Å². The van der Waals surface area contributed by atoms with Crippen molar-refractivity contribution >= 4 is 11.6 Å². The summed E-state index contributed by atoms with van der Waals surface area (Å²) in [6.07, 6.45) is 5.81. The summed E-state index contributed by atoms with van der Waals surface area (Å²) < 4.78 is 5.88. The van der Waals surface area contributed by atoms with Crippen molar-refractivity contribution in [2.75, 3.05) is 0 Å².